The van der Waals surface area contributed by atoms with Crippen LogP contribution in [0.3, 0.4) is 0 Å². The zero-order chi connectivity index (χ0) is 6.55. The van der Waals surface area contributed by atoms with Crippen molar-refractivity contribution in [3.63, 3.8) is 0 Å². The van der Waals surface area contributed by atoms with E-state index in [0.717, 1.165) is 6.67 Å². The van der Waals surface area contributed by atoms with Crippen LogP contribution in [0.25, 0.3) is 0 Å². The molecule has 2 aliphatic carbocycles. The fourth-order valence-corrected chi connectivity index (χ4v) is 1.81. The largest absolute Gasteiger partial charge is 0.372 e. The van der Waals surface area contributed by atoms with Crippen molar-refractivity contribution in [1.29, 1.82) is 0 Å². The van der Waals surface area contributed by atoms with Gasteiger partial charge >= 0.3 is 0 Å². The predicted molar refractivity (Wildman–Crippen MR) is 39.2 cm³/mol. The molecule has 0 spiro atoms. The van der Waals surface area contributed by atoms with Crippen LogP contribution < -0.4 is 10.6 Å². The Morgan fingerprint density at radius 2 is 2.40 bits per heavy atom. The highest BCUT2D eigenvalue weighted by Gasteiger charge is 2.31. The molecular weight excluding hydrogens is 124 g/mol. The fraction of sp³-hybridized carbons (Fsp3) is 0.250. The molecule has 4 bridgehead atoms. The molecule has 0 radical (unpaired) electrons. The molecular formula is C8H8N2. The van der Waals surface area contributed by atoms with Crippen molar-refractivity contribution in [1.82, 2.24) is 10.6 Å². The Kier molecular flexibility index (Phi) is 0.640. The lowest BCUT2D eigenvalue weighted by Gasteiger charge is -2.19. The summed E-state index contributed by atoms with van der Waals surface area (Å²) < 4.78 is 0. The number of nitrogens with one attached hydrogen (secondary N) is 2. The average molecular weight is 132 g/mol. The van der Waals surface area contributed by atoms with Crippen LogP contribution in [0.4, 0.5) is 0 Å². The highest BCUT2D eigenvalue weighted by atomic mass is 15.1. The number of allylic oxidation sites excluding steroid dienone is 1. The molecule has 0 aromatic rings. The third-order valence-electron chi connectivity index (χ3n) is 2.31. The van der Waals surface area contributed by atoms with E-state index in [-0.39, 0.29) is 0 Å². The molecule has 0 saturated heterocycles. The molecule has 0 saturated carbocycles. The lowest BCUT2D eigenvalue weighted by Crippen LogP contribution is -2.39. The Morgan fingerprint density at radius 3 is 3.20 bits per heavy atom. The summed E-state index contributed by atoms with van der Waals surface area (Å²) in [5.41, 5.74) is 4.15. The summed E-state index contributed by atoms with van der Waals surface area (Å²) >= 11 is 0. The molecule has 2 nitrogen and oxygen atoms in total. The quantitative estimate of drug-likeness (QED) is 0.494. The normalized spacial score (nSPS) is 32.8. The summed E-state index contributed by atoms with van der Waals surface area (Å²) in [7, 11) is 0. The zero-order valence-corrected chi connectivity index (χ0v) is 5.52. The van der Waals surface area contributed by atoms with Gasteiger partial charge in [0.05, 0.1) is 12.7 Å². The van der Waals surface area contributed by atoms with Gasteiger partial charge in [-0.25, -0.2) is 0 Å². The molecule has 1 atom stereocenters. The van der Waals surface area contributed by atoms with Crippen molar-refractivity contribution >= 4 is 0 Å². The zero-order valence-electron chi connectivity index (χ0n) is 5.52. The molecule has 10 heavy (non-hydrogen) atoms. The second-order valence-electron chi connectivity index (χ2n) is 2.84. The lowest BCUT2D eigenvalue weighted by atomic mass is 10.1. The number of rotatable bonds is 0. The molecule has 1 heterocycles. The van der Waals surface area contributed by atoms with Gasteiger partial charge in [0, 0.05) is 5.70 Å². The van der Waals surface area contributed by atoms with E-state index in [0.29, 0.717) is 6.04 Å². The van der Waals surface area contributed by atoms with Gasteiger partial charge in [-0.3, -0.25) is 5.32 Å². The number of hydrogen-bond acceptors (Lipinski definition) is 2. The van der Waals surface area contributed by atoms with Crippen LogP contribution in [0.2, 0.25) is 0 Å². The molecule has 2 heteroatoms. The number of hydrogen-bond donors (Lipinski definition) is 2. The third kappa shape index (κ3) is 0.370. The smallest absolute Gasteiger partial charge is 0.0660 e. The maximum absolute atomic E-state index is 3.37. The average Bonchev–Trinajstić information content (AvgIpc) is 2.44. The van der Waals surface area contributed by atoms with Crippen molar-refractivity contribution in [2.45, 2.75) is 6.04 Å². The Labute approximate surface area is 59.3 Å². The van der Waals surface area contributed by atoms with Gasteiger partial charge < -0.3 is 5.32 Å². The first kappa shape index (κ1) is 4.74. The van der Waals surface area contributed by atoms with Gasteiger partial charge in [-0.2, -0.15) is 0 Å². The molecule has 1 aliphatic heterocycles. The summed E-state index contributed by atoms with van der Waals surface area (Å²) in [6.45, 7) is 0.908. The highest BCUT2D eigenvalue weighted by Crippen LogP contribution is 2.33. The minimum atomic E-state index is 0.524. The molecule has 1 unspecified atom stereocenters. The van der Waals surface area contributed by atoms with E-state index in [1.807, 2.05) is 0 Å². The molecule has 50 valence electrons. The third-order valence-corrected chi connectivity index (χ3v) is 2.31. The van der Waals surface area contributed by atoms with Gasteiger partial charge in [0.25, 0.3) is 0 Å². The second-order valence-corrected chi connectivity index (χ2v) is 2.84. The standard InChI is InChI=1S/C8H8N2/c1-2-6-7-3-5(1)8(6)10-4-9-7/h1-3,8-10H,4H2. The van der Waals surface area contributed by atoms with Crippen LogP contribution in [-0.4, -0.2) is 12.7 Å². The molecule has 0 aromatic heterocycles. The predicted octanol–water partition coefficient (Wildman–Crippen LogP) is 0.269. The first-order valence-corrected chi connectivity index (χ1v) is 3.56. The van der Waals surface area contributed by atoms with Crippen LogP contribution in [0, 0.1) is 0 Å². The summed E-state index contributed by atoms with van der Waals surface area (Å²) in [6.07, 6.45) is 6.60. The first-order chi connectivity index (χ1) is 4.95. The van der Waals surface area contributed by atoms with E-state index in [2.05, 4.69) is 28.9 Å². The highest BCUT2D eigenvalue weighted by molar-refractivity contribution is 5.60. The van der Waals surface area contributed by atoms with Crippen LogP contribution in [-0.2, 0) is 0 Å². The van der Waals surface area contributed by atoms with Crippen LogP contribution >= 0.6 is 0 Å². The van der Waals surface area contributed by atoms with Gasteiger partial charge in [0.2, 0.25) is 0 Å². The van der Waals surface area contributed by atoms with Gasteiger partial charge in [0.1, 0.15) is 0 Å². The monoisotopic (exact) mass is 132 g/mol. The van der Waals surface area contributed by atoms with E-state index in [9.17, 15) is 0 Å². The Hall–Kier alpha value is -1.02. The van der Waals surface area contributed by atoms with Crippen molar-refractivity contribution in [2.24, 2.45) is 0 Å². The lowest BCUT2D eigenvalue weighted by molar-refractivity contribution is 0.589. The minimum Gasteiger partial charge on any atom is -0.372 e. The Bertz CT molecular complexity index is 284. The van der Waals surface area contributed by atoms with E-state index < -0.39 is 0 Å². The fourth-order valence-electron chi connectivity index (χ4n) is 1.81. The Balaban J connectivity index is 2.26. The summed E-state index contributed by atoms with van der Waals surface area (Å²) in [4.78, 5) is 0. The topological polar surface area (TPSA) is 24.1 Å². The second kappa shape index (κ2) is 1.35. The molecule has 0 fully saturated rings. The van der Waals surface area contributed by atoms with Crippen molar-refractivity contribution in [3.8, 4) is 0 Å². The molecule has 2 N–H and O–H groups in total. The minimum absolute atomic E-state index is 0.524. The van der Waals surface area contributed by atoms with Crippen molar-refractivity contribution in [2.75, 3.05) is 6.67 Å². The van der Waals surface area contributed by atoms with Crippen LogP contribution in [0.15, 0.2) is 35.1 Å². The van der Waals surface area contributed by atoms with Crippen LogP contribution in [0.1, 0.15) is 0 Å². The molecule has 3 aliphatic rings. The van der Waals surface area contributed by atoms with Crippen molar-refractivity contribution < 1.29 is 0 Å². The van der Waals surface area contributed by atoms with Gasteiger partial charge in [-0.15, -0.1) is 0 Å². The van der Waals surface area contributed by atoms with Gasteiger partial charge in [-0.05, 0) is 17.2 Å². The molecule has 0 amide bonds. The van der Waals surface area contributed by atoms with Gasteiger partial charge in [-0.1, -0.05) is 12.2 Å². The van der Waals surface area contributed by atoms with Crippen molar-refractivity contribution in [3.05, 3.63) is 35.1 Å². The maximum atomic E-state index is 3.37. The molecule has 3 rings (SSSR count). The van der Waals surface area contributed by atoms with E-state index >= 15 is 0 Å². The maximum Gasteiger partial charge on any atom is 0.0660 e. The van der Waals surface area contributed by atoms with E-state index in [4.69, 9.17) is 0 Å². The summed E-state index contributed by atoms with van der Waals surface area (Å²) in [6, 6.07) is 0.524. The van der Waals surface area contributed by atoms with E-state index in [1.165, 1.54) is 16.8 Å². The first-order valence-electron chi connectivity index (χ1n) is 3.56. The SMILES string of the molecule is C1=CC2=C3C=C1C2NCN3. The van der Waals surface area contributed by atoms with Gasteiger partial charge in [0.15, 0.2) is 0 Å². The summed E-state index contributed by atoms with van der Waals surface area (Å²) in [5, 5.41) is 6.66. The Morgan fingerprint density at radius 1 is 1.40 bits per heavy atom. The van der Waals surface area contributed by atoms with Crippen LogP contribution in [0.5, 0.6) is 0 Å². The summed E-state index contributed by atoms with van der Waals surface area (Å²) in [5.74, 6) is 0. The van der Waals surface area contributed by atoms with E-state index in [1.54, 1.807) is 0 Å². The molecule has 0 aromatic carbocycles.